The Kier molecular flexibility index (Phi) is 5.51. The van der Waals surface area contributed by atoms with Gasteiger partial charge in [-0.05, 0) is 39.4 Å². The Balaban J connectivity index is 2.13. The number of aliphatic hydroxyl groups is 1. The maximum absolute atomic E-state index is 9.40. The van der Waals surface area contributed by atoms with E-state index in [9.17, 15) is 5.11 Å². The first kappa shape index (κ1) is 16.5. The van der Waals surface area contributed by atoms with Gasteiger partial charge in [-0.3, -0.25) is 4.98 Å². The molecule has 0 saturated carbocycles. The molecular formula is C16H24N4O2. The Morgan fingerprint density at radius 1 is 1.45 bits per heavy atom. The van der Waals surface area contributed by atoms with Gasteiger partial charge in [0, 0.05) is 26.3 Å². The van der Waals surface area contributed by atoms with Crippen LogP contribution in [-0.4, -0.2) is 44.5 Å². The van der Waals surface area contributed by atoms with E-state index in [0.717, 1.165) is 36.6 Å². The van der Waals surface area contributed by atoms with Crippen LogP contribution in [-0.2, 0) is 13.6 Å². The molecule has 0 fully saturated rings. The number of ether oxygens (including phenoxy) is 1. The lowest BCUT2D eigenvalue weighted by atomic mass is 10.2. The molecule has 2 heterocycles. The Morgan fingerprint density at radius 3 is 2.86 bits per heavy atom. The average Bonchev–Trinajstić information content (AvgIpc) is 2.73. The lowest BCUT2D eigenvalue weighted by Gasteiger charge is -2.18. The van der Waals surface area contributed by atoms with Crippen LogP contribution in [0, 0.1) is 6.92 Å². The molecule has 0 amide bonds. The number of pyridine rings is 1. The van der Waals surface area contributed by atoms with Gasteiger partial charge in [-0.25, -0.2) is 4.68 Å². The highest BCUT2D eigenvalue weighted by Crippen LogP contribution is 2.27. The maximum atomic E-state index is 9.40. The van der Waals surface area contributed by atoms with E-state index in [1.54, 1.807) is 24.0 Å². The van der Waals surface area contributed by atoms with Gasteiger partial charge in [0.15, 0.2) is 0 Å². The monoisotopic (exact) mass is 304 g/mol. The third-order valence-corrected chi connectivity index (χ3v) is 3.49. The summed E-state index contributed by atoms with van der Waals surface area (Å²) in [7, 11) is 3.90. The van der Waals surface area contributed by atoms with Gasteiger partial charge >= 0.3 is 0 Å². The van der Waals surface area contributed by atoms with Crippen molar-refractivity contribution in [2.75, 3.05) is 13.6 Å². The number of hydrogen-bond acceptors (Lipinski definition) is 5. The molecule has 22 heavy (non-hydrogen) atoms. The molecule has 1 unspecified atom stereocenters. The second kappa shape index (κ2) is 7.38. The fourth-order valence-corrected chi connectivity index (χ4v) is 2.27. The molecule has 0 aliphatic heterocycles. The van der Waals surface area contributed by atoms with Gasteiger partial charge in [-0.15, -0.1) is 0 Å². The SMILES string of the molecule is Cc1nn(C)c(Oc2cccnc2)c1CN(C)CCC(C)O. The topological polar surface area (TPSA) is 63.4 Å². The molecule has 120 valence electrons. The van der Waals surface area contributed by atoms with E-state index in [0.29, 0.717) is 5.75 Å². The Hall–Kier alpha value is -1.92. The molecule has 1 atom stereocenters. The molecule has 6 heteroatoms. The smallest absolute Gasteiger partial charge is 0.222 e. The highest BCUT2D eigenvalue weighted by molar-refractivity contribution is 5.34. The van der Waals surface area contributed by atoms with Crippen LogP contribution < -0.4 is 4.74 Å². The summed E-state index contributed by atoms with van der Waals surface area (Å²) in [6.45, 7) is 5.33. The third-order valence-electron chi connectivity index (χ3n) is 3.49. The van der Waals surface area contributed by atoms with Gasteiger partial charge in [-0.1, -0.05) is 0 Å². The third kappa shape index (κ3) is 4.29. The number of aliphatic hydroxyl groups excluding tert-OH is 1. The standard InChI is InChI=1S/C16H24N4O2/c1-12(21)7-9-19(3)11-15-13(2)18-20(4)16(15)22-14-6-5-8-17-10-14/h5-6,8,10,12,21H,7,9,11H2,1-4H3. The van der Waals surface area contributed by atoms with Crippen molar-refractivity contribution in [3.63, 3.8) is 0 Å². The minimum atomic E-state index is -0.288. The molecule has 0 aromatic carbocycles. The summed E-state index contributed by atoms with van der Waals surface area (Å²) in [5.41, 5.74) is 2.00. The zero-order valence-electron chi connectivity index (χ0n) is 13.7. The Bertz CT molecular complexity index is 596. The van der Waals surface area contributed by atoms with E-state index in [4.69, 9.17) is 4.74 Å². The first-order valence-corrected chi connectivity index (χ1v) is 7.44. The molecule has 2 aromatic rings. The minimum Gasteiger partial charge on any atom is -0.437 e. The van der Waals surface area contributed by atoms with E-state index < -0.39 is 0 Å². The molecule has 2 aromatic heterocycles. The van der Waals surface area contributed by atoms with E-state index in [1.165, 1.54) is 0 Å². The molecular weight excluding hydrogens is 280 g/mol. The van der Waals surface area contributed by atoms with Crippen molar-refractivity contribution in [1.82, 2.24) is 19.7 Å². The molecule has 0 spiro atoms. The number of hydrogen-bond donors (Lipinski definition) is 1. The Labute approximate surface area is 131 Å². The van der Waals surface area contributed by atoms with Crippen LogP contribution in [0.1, 0.15) is 24.6 Å². The number of rotatable bonds is 7. The van der Waals surface area contributed by atoms with Crippen LogP contribution in [0.2, 0.25) is 0 Å². The van der Waals surface area contributed by atoms with Crippen molar-refractivity contribution in [3.8, 4) is 11.6 Å². The van der Waals surface area contributed by atoms with Gasteiger partial charge in [-0.2, -0.15) is 5.10 Å². The minimum absolute atomic E-state index is 0.288. The predicted octanol–water partition coefficient (Wildman–Crippen LogP) is 2.12. The van der Waals surface area contributed by atoms with Gasteiger partial charge in [0.25, 0.3) is 0 Å². The summed E-state index contributed by atoms with van der Waals surface area (Å²) >= 11 is 0. The molecule has 2 rings (SSSR count). The van der Waals surface area contributed by atoms with Crippen molar-refractivity contribution in [2.45, 2.75) is 32.9 Å². The predicted molar refractivity (Wildman–Crippen MR) is 84.9 cm³/mol. The first-order valence-electron chi connectivity index (χ1n) is 7.44. The largest absolute Gasteiger partial charge is 0.437 e. The van der Waals surface area contributed by atoms with Crippen molar-refractivity contribution < 1.29 is 9.84 Å². The fourth-order valence-electron chi connectivity index (χ4n) is 2.27. The zero-order valence-corrected chi connectivity index (χ0v) is 13.7. The van der Waals surface area contributed by atoms with Gasteiger partial charge in [0.2, 0.25) is 5.88 Å². The van der Waals surface area contributed by atoms with Crippen LogP contribution in [0.3, 0.4) is 0 Å². The van der Waals surface area contributed by atoms with Gasteiger partial charge in [0.05, 0.1) is 23.6 Å². The maximum Gasteiger partial charge on any atom is 0.222 e. The normalized spacial score (nSPS) is 12.6. The van der Waals surface area contributed by atoms with Crippen molar-refractivity contribution in [2.24, 2.45) is 7.05 Å². The lowest BCUT2D eigenvalue weighted by molar-refractivity contribution is 0.162. The number of aryl methyl sites for hydroxylation is 2. The average molecular weight is 304 g/mol. The second-order valence-corrected chi connectivity index (χ2v) is 5.66. The highest BCUT2D eigenvalue weighted by Gasteiger charge is 2.17. The van der Waals surface area contributed by atoms with Crippen molar-refractivity contribution in [1.29, 1.82) is 0 Å². The fraction of sp³-hybridized carbons (Fsp3) is 0.500. The van der Waals surface area contributed by atoms with E-state index >= 15 is 0 Å². The Morgan fingerprint density at radius 2 is 2.23 bits per heavy atom. The molecule has 0 aliphatic carbocycles. The van der Waals surface area contributed by atoms with Crippen molar-refractivity contribution in [3.05, 3.63) is 35.8 Å². The van der Waals surface area contributed by atoms with E-state index in [2.05, 4.69) is 15.0 Å². The molecule has 0 aliphatic rings. The summed E-state index contributed by atoms with van der Waals surface area (Å²) in [5, 5.41) is 13.9. The van der Waals surface area contributed by atoms with Crippen LogP contribution in [0.15, 0.2) is 24.5 Å². The first-order chi connectivity index (χ1) is 10.5. The van der Waals surface area contributed by atoms with Crippen LogP contribution in [0.4, 0.5) is 0 Å². The second-order valence-electron chi connectivity index (χ2n) is 5.66. The lowest BCUT2D eigenvalue weighted by Crippen LogP contribution is -2.22. The van der Waals surface area contributed by atoms with E-state index in [1.807, 2.05) is 33.2 Å². The van der Waals surface area contributed by atoms with Crippen LogP contribution in [0.5, 0.6) is 11.6 Å². The van der Waals surface area contributed by atoms with Gasteiger partial charge in [0.1, 0.15) is 5.75 Å². The molecule has 1 N–H and O–H groups in total. The number of nitrogens with zero attached hydrogens (tertiary/aromatic N) is 4. The number of aromatic nitrogens is 3. The summed E-state index contributed by atoms with van der Waals surface area (Å²) in [6.07, 6.45) is 3.85. The van der Waals surface area contributed by atoms with Crippen LogP contribution in [0.25, 0.3) is 0 Å². The highest BCUT2D eigenvalue weighted by atomic mass is 16.5. The summed E-state index contributed by atoms with van der Waals surface area (Å²) in [4.78, 5) is 6.22. The van der Waals surface area contributed by atoms with Crippen molar-refractivity contribution >= 4 is 0 Å². The van der Waals surface area contributed by atoms with Crippen LogP contribution >= 0.6 is 0 Å². The zero-order chi connectivity index (χ0) is 16.1. The van der Waals surface area contributed by atoms with E-state index in [-0.39, 0.29) is 6.10 Å². The quantitative estimate of drug-likeness (QED) is 0.849. The molecule has 0 bridgehead atoms. The summed E-state index contributed by atoms with van der Waals surface area (Å²) in [6, 6.07) is 3.71. The summed E-state index contributed by atoms with van der Waals surface area (Å²) in [5.74, 6) is 1.42. The van der Waals surface area contributed by atoms with Gasteiger partial charge < -0.3 is 14.7 Å². The molecule has 0 saturated heterocycles. The molecule has 0 radical (unpaired) electrons. The summed E-state index contributed by atoms with van der Waals surface area (Å²) < 4.78 is 7.70. The molecule has 6 nitrogen and oxygen atoms in total.